The number of aromatic nitrogens is 4. The van der Waals surface area contributed by atoms with Gasteiger partial charge < -0.3 is 14.6 Å². The van der Waals surface area contributed by atoms with Gasteiger partial charge in [-0.1, -0.05) is 40.4 Å². The second kappa shape index (κ2) is 9.58. The summed E-state index contributed by atoms with van der Waals surface area (Å²) in [6.07, 6.45) is 0. The summed E-state index contributed by atoms with van der Waals surface area (Å²) in [5.41, 5.74) is 3.58. The quantitative estimate of drug-likeness (QED) is 0.275. The maximum Gasteiger partial charge on any atom is 0.206 e. The fourth-order valence-electron chi connectivity index (χ4n) is 3.32. The van der Waals surface area contributed by atoms with Gasteiger partial charge in [0.1, 0.15) is 11.5 Å². The van der Waals surface area contributed by atoms with Crippen molar-refractivity contribution in [3.8, 4) is 11.6 Å². The van der Waals surface area contributed by atoms with E-state index < -0.39 is 0 Å². The van der Waals surface area contributed by atoms with Crippen LogP contribution in [-0.2, 0) is 6.54 Å². The van der Waals surface area contributed by atoms with Crippen LogP contribution < -0.4 is 10.1 Å². The Balaban J connectivity index is 1.35. The Kier molecular flexibility index (Phi) is 6.61. The molecule has 0 unspecified atom stereocenters. The van der Waals surface area contributed by atoms with E-state index in [0.717, 1.165) is 37.9 Å². The largest absolute Gasteiger partial charge is 0.497 e. The molecule has 0 atom stereocenters. The van der Waals surface area contributed by atoms with Gasteiger partial charge in [0.15, 0.2) is 15.9 Å². The summed E-state index contributed by atoms with van der Waals surface area (Å²) >= 11 is 2.82. The number of hydrogen-bond acceptors (Lipinski definition) is 9. The second-order valence-corrected chi connectivity index (χ2v) is 9.40. The van der Waals surface area contributed by atoms with E-state index in [1.807, 2.05) is 61.7 Å². The molecule has 0 saturated carbocycles. The Morgan fingerprint density at radius 1 is 1.19 bits per heavy atom. The van der Waals surface area contributed by atoms with E-state index in [0.29, 0.717) is 17.9 Å². The number of aryl methyl sites for hydroxylation is 2. The normalized spacial score (nSPS) is 11.0. The van der Waals surface area contributed by atoms with E-state index in [4.69, 9.17) is 9.26 Å². The van der Waals surface area contributed by atoms with Crippen LogP contribution in [0.3, 0.4) is 0 Å². The third-order valence-electron chi connectivity index (χ3n) is 4.91. The van der Waals surface area contributed by atoms with Gasteiger partial charge in [0.25, 0.3) is 0 Å². The van der Waals surface area contributed by atoms with E-state index in [1.54, 1.807) is 7.11 Å². The number of thioether (sulfide) groups is 1. The molecule has 0 aliphatic heterocycles. The van der Waals surface area contributed by atoms with E-state index >= 15 is 0 Å². The minimum atomic E-state index is 0.0394. The molecule has 166 valence electrons. The molecule has 0 saturated heterocycles. The lowest BCUT2D eigenvalue weighted by molar-refractivity contribution is 0.102. The fourth-order valence-corrected chi connectivity index (χ4v) is 4.95. The van der Waals surface area contributed by atoms with Gasteiger partial charge in [0.2, 0.25) is 5.13 Å². The number of hydrogen-bond donors (Lipinski definition) is 1. The van der Waals surface area contributed by atoms with Crippen LogP contribution in [0.2, 0.25) is 0 Å². The average Bonchev–Trinajstić information content (AvgIpc) is 3.50. The zero-order valence-corrected chi connectivity index (χ0v) is 19.8. The summed E-state index contributed by atoms with van der Waals surface area (Å²) in [7, 11) is 1.65. The predicted octanol–water partition coefficient (Wildman–Crippen LogP) is 4.84. The molecule has 0 spiro atoms. The van der Waals surface area contributed by atoms with Gasteiger partial charge in [0, 0.05) is 29.6 Å². The summed E-state index contributed by atoms with van der Waals surface area (Å²) in [4.78, 5) is 12.9. The third-order valence-corrected chi connectivity index (χ3v) is 6.93. The molecule has 0 amide bonds. The molecular formula is C22H23N5O3S2. The zero-order valence-electron chi connectivity index (χ0n) is 18.2. The second-order valence-electron chi connectivity index (χ2n) is 7.20. The number of Topliss-reactive ketones (excluding diaryl/α,β-unsaturated/α-hetero) is 1. The van der Waals surface area contributed by atoms with Crippen molar-refractivity contribution >= 4 is 34.0 Å². The highest BCUT2D eigenvalue weighted by Gasteiger charge is 2.19. The van der Waals surface area contributed by atoms with Crippen LogP contribution in [0.4, 0.5) is 5.13 Å². The van der Waals surface area contributed by atoms with Crippen LogP contribution in [0.25, 0.3) is 5.82 Å². The Morgan fingerprint density at radius 2 is 1.97 bits per heavy atom. The van der Waals surface area contributed by atoms with Crippen LogP contribution >= 0.6 is 23.1 Å². The predicted molar refractivity (Wildman–Crippen MR) is 125 cm³/mol. The average molecular weight is 470 g/mol. The van der Waals surface area contributed by atoms with Gasteiger partial charge >= 0.3 is 0 Å². The molecule has 0 fully saturated rings. The number of methoxy groups -OCH3 is 1. The molecule has 8 nitrogen and oxygen atoms in total. The maximum atomic E-state index is 12.9. The Morgan fingerprint density at radius 3 is 2.66 bits per heavy atom. The number of ketones is 1. The van der Waals surface area contributed by atoms with Crippen LogP contribution in [0.1, 0.15) is 33.1 Å². The van der Waals surface area contributed by atoms with Gasteiger partial charge in [-0.3, -0.25) is 9.36 Å². The fraction of sp³-hybridized carbons (Fsp3) is 0.273. The first-order valence-electron chi connectivity index (χ1n) is 9.93. The lowest BCUT2D eigenvalue weighted by atomic mass is 10.2. The zero-order chi connectivity index (χ0) is 22.7. The number of carbonyl (C=O) groups is 1. The van der Waals surface area contributed by atoms with Gasteiger partial charge in [-0.25, -0.2) is 0 Å². The van der Waals surface area contributed by atoms with E-state index in [1.165, 1.54) is 23.1 Å². The van der Waals surface area contributed by atoms with Gasteiger partial charge in [-0.05, 0) is 44.5 Å². The number of rotatable bonds is 9. The monoisotopic (exact) mass is 469 g/mol. The van der Waals surface area contributed by atoms with Crippen molar-refractivity contribution in [3.05, 3.63) is 64.7 Å². The summed E-state index contributed by atoms with van der Waals surface area (Å²) in [6, 6.07) is 11.6. The number of anilines is 1. The Bertz CT molecular complexity index is 1230. The number of ether oxygens (including phenoxy) is 1. The number of benzene rings is 1. The van der Waals surface area contributed by atoms with Gasteiger partial charge in [-0.2, -0.15) is 0 Å². The van der Waals surface area contributed by atoms with Crippen molar-refractivity contribution in [1.29, 1.82) is 0 Å². The molecule has 1 aromatic carbocycles. The number of carbonyl (C=O) groups excluding carboxylic acids is 1. The van der Waals surface area contributed by atoms with Crippen LogP contribution in [0.5, 0.6) is 5.75 Å². The Hall–Kier alpha value is -3.11. The number of nitrogens with one attached hydrogen (secondary N) is 1. The minimum absolute atomic E-state index is 0.0394. The molecule has 3 heterocycles. The molecule has 0 radical (unpaired) electrons. The van der Waals surface area contributed by atoms with Crippen molar-refractivity contribution in [2.45, 2.75) is 31.7 Å². The molecule has 0 aliphatic carbocycles. The van der Waals surface area contributed by atoms with E-state index in [-0.39, 0.29) is 11.5 Å². The molecule has 0 bridgehead atoms. The molecule has 1 N–H and O–H groups in total. The van der Waals surface area contributed by atoms with Gasteiger partial charge in [-0.15, -0.1) is 10.2 Å². The van der Waals surface area contributed by atoms with Crippen LogP contribution in [-0.4, -0.2) is 38.6 Å². The molecule has 32 heavy (non-hydrogen) atoms. The molecule has 10 heteroatoms. The highest BCUT2D eigenvalue weighted by Crippen LogP contribution is 2.28. The first kappa shape index (κ1) is 22.1. The molecule has 4 rings (SSSR count). The summed E-state index contributed by atoms with van der Waals surface area (Å²) in [5, 5.41) is 16.4. The summed E-state index contributed by atoms with van der Waals surface area (Å²) < 4.78 is 13.0. The van der Waals surface area contributed by atoms with Crippen molar-refractivity contribution in [3.63, 3.8) is 0 Å². The smallest absolute Gasteiger partial charge is 0.206 e. The lowest BCUT2D eigenvalue weighted by Crippen LogP contribution is -2.05. The standard InChI is InChI=1S/C22H23N5O3S2/c1-13-9-18(15(3)27(13)20-10-14(2)30-26-20)19(28)12-31-22-25-24-21(32-22)23-11-16-5-7-17(29-4)8-6-16/h5-10H,11-12H2,1-4H3,(H,23,24). The van der Waals surface area contributed by atoms with Crippen molar-refractivity contribution in [2.75, 3.05) is 18.2 Å². The molecular weight excluding hydrogens is 446 g/mol. The van der Waals surface area contributed by atoms with Crippen molar-refractivity contribution in [1.82, 2.24) is 19.9 Å². The summed E-state index contributed by atoms with van der Waals surface area (Å²) in [6.45, 7) is 6.35. The Labute approximate surface area is 194 Å². The van der Waals surface area contributed by atoms with E-state index in [9.17, 15) is 4.79 Å². The van der Waals surface area contributed by atoms with Gasteiger partial charge in [0.05, 0.1) is 12.9 Å². The van der Waals surface area contributed by atoms with Crippen molar-refractivity contribution in [2.24, 2.45) is 0 Å². The number of nitrogens with zero attached hydrogens (tertiary/aromatic N) is 4. The molecule has 0 aliphatic rings. The molecule has 3 aromatic heterocycles. The first-order chi connectivity index (χ1) is 15.4. The van der Waals surface area contributed by atoms with Crippen LogP contribution in [0.15, 0.2) is 45.3 Å². The third kappa shape index (κ3) is 4.86. The summed E-state index contributed by atoms with van der Waals surface area (Å²) in [5.74, 6) is 2.56. The highest BCUT2D eigenvalue weighted by atomic mass is 32.2. The maximum absolute atomic E-state index is 12.9. The SMILES string of the molecule is COc1ccc(CNc2nnc(SCC(=O)c3cc(C)n(-c4cc(C)on4)c3C)s2)cc1. The minimum Gasteiger partial charge on any atom is -0.497 e. The van der Waals surface area contributed by atoms with E-state index in [2.05, 4.69) is 20.7 Å². The van der Waals surface area contributed by atoms with Crippen molar-refractivity contribution < 1.29 is 14.1 Å². The molecule has 4 aromatic rings. The lowest BCUT2D eigenvalue weighted by Gasteiger charge is -2.05. The van der Waals surface area contributed by atoms with Crippen LogP contribution in [0, 0.1) is 20.8 Å². The first-order valence-corrected chi connectivity index (χ1v) is 11.7. The highest BCUT2D eigenvalue weighted by molar-refractivity contribution is 8.01. The topological polar surface area (TPSA) is 95.1 Å².